The maximum atomic E-state index is 12.4. The molecule has 1 aromatic carbocycles. The van der Waals surface area contributed by atoms with Crippen molar-refractivity contribution >= 4 is 29.1 Å². The number of hydrogen-bond donors (Lipinski definition) is 1. The summed E-state index contributed by atoms with van der Waals surface area (Å²) in [5.74, 6) is -1.36. The Morgan fingerprint density at radius 1 is 0.926 bits per heavy atom. The van der Waals surface area contributed by atoms with Crippen LogP contribution in [-0.2, 0) is 14.4 Å². The van der Waals surface area contributed by atoms with E-state index in [0.717, 1.165) is 23.7 Å². The zero-order valence-corrected chi connectivity index (χ0v) is 15.4. The highest BCUT2D eigenvalue weighted by Crippen LogP contribution is 2.34. The lowest BCUT2D eigenvalue weighted by atomic mass is 9.85. The predicted octanol–water partition coefficient (Wildman–Crippen LogP) is 2.57. The monoisotopic (exact) mass is 367 g/mol. The van der Waals surface area contributed by atoms with E-state index in [1.165, 1.54) is 19.3 Å². The molecule has 0 bridgehead atoms. The first-order chi connectivity index (χ1) is 13.1. The Kier molecular flexibility index (Phi) is 4.97. The molecule has 2 aliphatic heterocycles. The van der Waals surface area contributed by atoms with Crippen LogP contribution in [0.1, 0.15) is 32.1 Å². The van der Waals surface area contributed by atoms with Crippen LogP contribution < -0.4 is 10.2 Å². The number of fused-ring (bicyclic) bond motifs is 1. The summed E-state index contributed by atoms with van der Waals surface area (Å²) in [5, 5.41) is 2.80. The van der Waals surface area contributed by atoms with Crippen LogP contribution >= 0.6 is 0 Å². The minimum atomic E-state index is -0.339. The number of rotatable bonds is 4. The molecule has 0 saturated carbocycles. The van der Waals surface area contributed by atoms with E-state index < -0.39 is 0 Å². The molecule has 3 aliphatic rings. The number of likely N-dealkylation sites (tertiary alicyclic amines) is 1. The molecule has 2 heterocycles. The fourth-order valence-electron chi connectivity index (χ4n) is 4.28. The summed E-state index contributed by atoms with van der Waals surface area (Å²) in [5.41, 5.74) is 1.84. The third-order valence-electron chi connectivity index (χ3n) is 5.77. The SMILES string of the molecule is O=C(CN1C(=O)C2CC=CCC2C1=O)Nc1ccc(N2CCCCC2)cc1. The van der Waals surface area contributed by atoms with Gasteiger partial charge in [0.1, 0.15) is 6.54 Å². The fourth-order valence-corrected chi connectivity index (χ4v) is 4.28. The zero-order valence-electron chi connectivity index (χ0n) is 15.4. The number of allylic oxidation sites excluding steroid dienone is 2. The molecule has 1 aromatic rings. The molecule has 1 N–H and O–H groups in total. The van der Waals surface area contributed by atoms with E-state index in [2.05, 4.69) is 10.2 Å². The smallest absolute Gasteiger partial charge is 0.244 e. The van der Waals surface area contributed by atoms with Crippen LogP contribution in [0.3, 0.4) is 0 Å². The quantitative estimate of drug-likeness (QED) is 0.656. The summed E-state index contributed by atoms with van der Waals surface area (Å²) in [6.07, 6.45) is 8.79. The number of nitrogens with zero attached hydrogens (tertiary/aromatic N) is 2. The van der Waals surface area contributed by atoms with Crippen LogP contribution in [0.4, 0.5) is 11.4 Å². The van der Waals surface area contributed by atoms with Crippen LogP contribution in [-0.4, -0.2) is 42.3 Å². The maximum Gasteiger partial charge on any atom is 0.244 e. The molecule has 27 heavy (non-hydrogen) atoms. The average molecular weight is 367 g/mol. The number of piperidine rings is 1. The van der Waals surface area contributed by atoms with Gasteiger partial charge in [0.15, 0.2) is 0 Å². The number of carbonyl (C=O) groups excluding carboxylic acids is 3. The molecule has 1 aliphatic carbocycles. The normalized spacial score (nSPS) is 24.9. The van der Waals surface area contributed by atoms with Crippen molar-refractivity contribution in [1.29, 1.82) is 0 Å². The Balaban J connectivity index is 1.35. The second-order valence-electron chi connectivity index (χ2n) is 7.56. The molecule has 2 saturated heterocycles. The van der Waals surface area contributed by atoms with Gasteiger partial charge in [0.25, 0.3) is 0 Å². The highest BCUT2D eigenvalue weighted by Gasteiger charge is 2.47. The van der Waals surface area contributed by atoms with Crippen molar-refractivity contribution in [2.24, 2.45) is 11.8 Å². The third kappa shape index (κ3) is 3.61. The number of carbonyl (C=O) groups is 3. The summed E-state index contributed by atoms with van der Waals surface area (Å²) >= 11 is 0. The van der Waals surface area contributed by atoms with Crippen molar-refractivity contribution < 1.29 is 14.4 Å². The Hall–Kier alpha value is -2.63. The molecular formula is C21H25N3O3. The van der Waals surface area contributed by atoms with E-state index in [9.17, 15) is 14.4 Å². The molecule has 0 spiro atoms. The van der Waals surface area contributed by atoms with Crippen LogP contribution in [0.2, 0.25) is 0 Å². The molecule has 0 radical (unpaired) electrons. The summed E-state index contributed by atoms with van der Waals surface area (Å²) in [4.78, 5) is 40.7. The number of benzene rings is 1. The van der Waals surface area contributed by atoms with Crippen molar-refractivity contribution in [2.45, 2.75) is 32.1 Å². The minimum Gasteiger partial charge on any atom is -0.372 e. The fraction of sp³-hybridized carbons (Fsp3) is 0.476. The van der Waals surface area contributed by atoms with Gasteiger partial charge in [0.2, 0.25) is 17.7 Å². The van der Waals surface area contributed by atoms with E-state index in [-0.39, 0.29) is 36.1 Å². The van der Waals surface area contributed by atoms with E-state index in [4.69, 9.17) is 0 Å². The number of imide groups is 1. The van der Waals surface area contributed by atoms with Gasteiger partial charge in [0, 0.05) is 24.5 Å². The first-order valence-electron chi connectivity index (χ1n) is 9.78. The highest BCUT2D eigenvalue weighted by molar-refractivity contribution is 6.08. The van der Waals surface area contributed by atoms with E-state index in [1.807, 2.05) is 36.4 Å². The van der Waals surface area contributed by atoms with Crippen LogP contribution in [0, 0.1) is 11.8 Å². The molecule has 142 valence electrons. The predicted molar refractivity (Wildman–Crippen MR) is 103 cm³/mol. The number of amides is 3. The van der Waals surface area contributed by atoms with Crippen LogP contribution in [0.5, 0.6) is 0 Å². The lowest BCUT2D eigenvalue weighted by Gasteiger charge is -2.28. The number of anilines is 2. The van der Waals surface area contributed by atoms with Gasteiger partial charge >= 0.3 is 0 Å². The van der Waals surface area contributed by atoms with Gasteiger partial charge in [-0.1, -0.05) is 12.2 Å². The van der Waals surface area contributed by atoms with Crippen LogP contribution in [0.15, 0.2) is 36.4 Å². The lowest BCUT2D eigenvalue weighted by Crippen LogP contribution is -2.38. The largest absolute Gasteiger partial charge is 0.372 e. The Bertz CT molecular complexity index is 739. The topological polar surface area (TPSA) is 69.7 Å². The van der Waals surface area contributed by atoms with Gasteiger partial charge in [-0.25, -0.2) is 0 Å². The average Bonchev–Trinajstić information content (AvgIpc) is 2.94. The number of hydrogen-bond acceptors (Lipinski definition) is 4. The van der Waals surface area contributed by atoms with Crippen molar-refractivity contribution in [3.05, 3.63) is 36.4 Å². The van der Waals surface area contributed by atoms with Crippen molar-refractivity contribution in [2.75, 3.05) is 29.9 Å². The van der Waals surface area contributed by atoms with Crippen LogP contribution in [0.25, 0.3) is 0 Å². The van der Waals surface area contributed by atoms with E-state index in [0.29, 0.717) is 18.5 Å². The van der Waals surface area contributed by atoms with E-state index >= 15 is 0 Å². The maximum absolute atomic E-state index is 12.4. The van der Waals surface area contributed by atoms with Gasteiger partial charge in [-0.15, -0.1) is 0 Å². The standard InChI is InChI=1S/C21H25N3O3/c25-19(14-24-20(26)17-6-2-3-7-18(17)21(24)27)22-15-8-10-16(11-9-15)23-12-4-1-5-13-23/h2-3,8-11,17-18H,1,4-7,12-14H2,(H,22,25). The molecule has 3 amide bonds. The van der Waals surface area contributed by atoms with Gasteiger partial charge in [-0.3, -0.25) is 19.3 Å². The third-order valence-corrected chi connectivity index (χ3v) is 5.77. The summed E-state index contributed by atoms with van der Waals surface area (Å²) in [6.45, 7) is 1.93. The Labute approximate surface area is 159 Å². The number of nitrogens with one attached hydrogen (secondary N) is 1. The minimum absolute atomic E-state index is 0.210. The molecule has 2 unspecified atom stereocenters. The molecule has 6 nitrogen and oxygen atoms in total. The molecular weight excluding hydrogens is 342 g/mol. The summed E-state index contributed by atoms with van der Waals surface area (Å²) in [6, 6.07) is 7.76. The van der Waals surface area contributed by atoms with Crippen molar-refractivity contribution in [1.82, 2.24) is 4.90 Å². The van der Waals surface area contributed by atoms with E-state index in [1.54, 1.807) is 0 Å². The first-order valence-corrected chi connectivity index (χ1v) is 9.78. The summed E-state index contributed by atoms with van der Waals surface area (Å²) < 4.78 is 0. The highest BCUT2D eigenvalue weighted by atomic mass is 16.2. The Morgan fingerprint density at radius 3 is 2.11 bits per heavy atom. The molecule has 0 aromatic heterocycles. The Morgan fingerprint density at radius 2 is 1.52 bits per heavy atom. The second-order valence-corrected chi connectivity index (χ2v) is 7.56. The molecule has 2 atom stereocenters. The van der Waals surface area contributed by atoms with Gasteiger partial charge < -0.3 is 10.2 Å². The zero-order chi connectivity index (χ0) is 18.8. The van der Waals surface area contributed by atoms with Gasteiger partial charge in [0.05, 0.1) is 11.8 Å². The first kappa shape index (κ1) is 17.8. The van der Waals surface area contributed by atoms with Crippen molar-refractivity contribution in [3.8, 4) is 0 Å². The van der Waals surface area contributed by atoms with Gasteiger partial charge in [-0.05, 0) is 56.4 Å². The molecule has 4 rings (SSSR count). The molecule has 2 fully saturated rings. The van der Waals surface area contributed by atoms with Gasteiger partial charge in [-0.2, -0.15) is 0 Å². The second kappa shape index (κ2) is 7.55. The summed E-state index contributed by atoms with van der Waals surface area (Å²) in [7, 11) is 0. The van der Waals surface area contributed by atoms with Crippen molar-refractivity contribution in [3.63, 3.8) is 0 Å². The molecule has 6 heteroatoms. The lowest BCUT2D eigenvalue weighted by molar-refractivity contribution is -0.142.